The van der Waals surface area contributed by atoms with E-state index in [-0.39, 0.29) is 11.6 Å². The zero-order valence-electron chi connectivity index (χ0n) is 9.51. The van der Waals surface area contributed by atoms with Gasteiger partial charge in [-0.05, 0) is 18.6 Å². The number of nitrogen functional groups attached to an aromatic ring is 1. The molecule has 0 fully saturated rings. The van der Waals surface area contributed by atoms with Crippen molar-refractivity contribution in [3.8, 4) is 0 Å². The molecule has 6 heteroatoms. The van der Waals surface area contributed by atoms with E-state index in [1.165, 1.54) is 12.3 Å². The van der Waals surface area contributed by atoms with Crippen molar-refractivity contribution >= 4 is 17.6 Å². The van der Waals surface area contributed by atoms with Crippen molar-refractivity contribution < 1.29 is 14.7 Å². The van der Waals surface area contributed by atoms with Gasteiger partial charge in [0.25, 0.3) is 5.91 Å². The smallest absolute Gasteiger partial charge is 0.306 e. The number of nitrogens with two attached hydrogens (primary N) is 1. The molecular weight excluding hydrogens is 222 g/mol. The standard InChI is InChI=1S/C11H15N3O3/c1-7(11(16)17)4-5-13-10(15)9-3-2-8(12)6-14-9/h2-3,6-7H,4-5,12H2,1H3,(H,13,15)(H,16,17). The molecule has 1 aromatic heterocycles. The van der Waals surface area contributed by atoms with E-state index in [4.69, 9.17) is 10.8 Å². The zero-order valence-corrected chi connectivity index (χ0v) is 9.51. The van der Waals surface area contributed by atoms with E-state index in [1.807, 2.05) is 0 Å². The highest BCUT2D eigenvalue weighted by Gasteiger charge is 2.11. The molecule has 1 rings (SSSR count). The lowest BCUT2D eigenvalue weighted by molar-refractivity contribution is -0.141. The first kappa shape index (κ1) is 13.0. The van der Waals surface area contributed by atoms with Crippen LogP contribution >= 0.6 is 0 Å². The molecule has 1 heterocycles. The van der Waals surface area contributed by atoms with E-state index in [9.17, 15) is 9.59 Å². The molecule has 0 bridgehead atoms. The Hall–Kier alpha value is -2.11. The van der Waals surface area contributed by atoms with E-state index >= 15 is 0 Å². The summed E-state index contributed by atoms with van der Waals surface area (Å²) < 4.78 is 0. The number of nitrogens with zero attached hydrogens (tertiary/aromatic N) is 1. The van der Waals surface area contributed by atoms with Crippen molar-refractivity contribution in [2.24, 2.45) is 5.92 Å². The molecule has 0 saturated heterocycles. The predicted molar refractivity (Wildman–Crippen MR) is 62.4 cm³/mol. The summed E-state index contributed by atoms with van der Waals surface area (Å²) in [6.07, 6.45) is 1.78. The molecular formula is C11H15N3O3. The van der Waals surface area contributed by atoms with Gasteiger partial charge in [-0.3, -0.25) is 9.59 Å². The van der Waals surface area contributed by atoms with Gasteiger partial charge in [0, 0.05) is 6.54 Å². The maximum Gasteiger partial charge on any atom is 0.306 e. The highest BCUT2D eigenvalue weighted by Crippen LogP contribution is 2.02. The molecule has 0 saturated carbocycles. The second-order valence-electron chi connectivity index (χ2n) is 3.76. The molecule has 0 aromatic carbocycles. The van der Waals surface area contributed by atoms with Crippen LogP contribution in [-0.4, -0.2) is 28.5 Å². The van der Waals surface area contributed by atoms with Crippen LogP contribution in [0.1, 0.15) is 23.8 Å². The van der Waals surface area contributed by atoms with Crippen molar-refractivity contribution in [1.82, 2.24) is 10.3 Å². The van der Waals surface area contributed by atoms with Crippen LogP contribution in [0.25, 0.3) is 0 Å². The van der Waals surface area contributed by atoms with E-state index in [2.05, 4.69) is 10.3 Å². The zero-order chi connectivity index (χ0) is 12.8. The van der Waals surface area contributed by atoms with Gasteiger partial charge < -0.3 is 16.2 Å². The van der Waals surface area contributed by atoms with Crippen molar-refractivity contribution in [3.63, 3.8) is 0 Å². The van der Waals surface area contributed by atoms with E-state index in [0.717, 1.165) is 0 Å². The number of carbonyl (C=O) groups is 2. The first-order chi connectivity index (χ1) is 8.00. The molecule has 1 atom stereocenters. The lowest BCUT2D eigenvalue weighted by atomic mass is 10.1. The Labute approximate surface area is 98.8 Å². The SMILES string of the molecule is CC(CCNC(=O)c1ccc(N)cn1)C(=O)O. The number of aliphatic carboxylic acids is 1. The fourth-order valence-corrected chi connectivity index (χ4v) is 1.16. The Balaban J connectivity index is 2.40. The molecule has 1 amide bonds. The number of nitrogens with one attached hydrogen (secondary N) is 1. The maximum atomic E-state index is 11.5. The van der Waals surface area contributed by atoms with Gasteiger partial charge in [0.2, 0.25) is 0 Å². The predicted octanol–water partition coefficient (Wildman–Crippen LogP) is 0.504. The summed E-state index contributed by atoms with van der Waals surface area (Å²) in [4.78, 5) is 25.9. The maximum absolute atomic E-state index is 11.5. The average Bonchev–Trinajstić information content (AvgIpc) is 2.29. The van der Waals surface area contributed by atoms with Crippen molar-refractivity contribution in [3.05, 3.63) is 24.0 Å². The largest absolute Gasteiger partial charge is 0.481 e. The summed E-state index contributed by atoms with van der Waals surface area (Å²) in [7, 11) is 0. The summed E-state index contributed by atoms with van der Waals surface area (Å²) in [6, 6.07) is 3.10. The number of aromatic nitrogens is 1. The number of hydrogen-bond donors (Lipinski definition) is 3. The third kappa shape index (κ3) is 4.10. The molecule has 0 radical (unpaired) electrons. The van der Waals surface area contributed by atoms with E-state index in [1.54, 1.807) is 13.0 Å². The number of hydrogen-bond acceptors (Lipinski definition) is 4. The highest BCUT2D eigenvalue weighted by atomic mass is 16.4. The van der Waals surface area contributed by atoms with Crippen LogP contribution in [0, 0.1) is 5.92 Å². The molecule has 1 aromatic rings. The molecule has 1 unspecified atom stereocenters. The summed E-state index contributed by atoms with van der Waals surface area (Å²) >= 11 is 0. The summed E-state index contributed by atoms with van der Waals surface area (Å²) in [5, 5.41) is 11.3. The van der Waals surface area contributed by atoms with Gasteiger partial charge in [-0.1, -0.05) is 6.92 Å². The normalized spacial score (nSPS) is 11.8. The van der Waals surface area contributed by atoms with Gasteiger partial charge in [0.15, 0.2) is 0 Å². The molecule has 4 N–H and O–H groups in total. The Morgan fingerprint density at radius 3 is 2.76 bits per heavy atom. The molecule has 0 aliphatic carbocycles. The first-order valence-corrected chi connectivity index (χ1v) is 5.23. The average molecular weight is 237 g/mol. The number of carbonyl (C=O) groups excluding carboxylic acids is 1. The quantitative estimate of drug-likeness (QED) is 0.691. The summed E-state index contributed by atoms with van der Waals surface area (Å²) in [5.74, 6) is -1.68. The fourth-order valence-electron chi connectivity index (χ4n) is 1.16. The number of carboxylic acid groups (broad SMARTS) is 1. The Kier molecular flexibility index (Phi) is 4.45. The molecule has 92 valence electrons. The number of carboxylic acids is 1. The number of anilines is 1. The van der Waals surface area contributed by atoms with Crippen LogP contribution in [-0.2, 0) is 4.79 Å². The van der Waals surface area contributed by atoms with Gasteiger partial charge in [0.1, 0.15) is 5.69 Å². The minimum absolute atomic E-state index is 0.266. The third-order valence-corrected chi connectivity index (χ3v) is 2.30. The molecule has 0 aliphatic heterocycles. The van der Waals surface area contributed by atoms with Crippen LogP contribution in [0.4, 0.5) is 5.69 Å². The monoisotopic (exact) mass is 237 g/mol. The van der Waals surface area contributed by atoms with Gasteiger partial charge >= 0.3 is 5.97 Å². The lowest BCUT2D eigenvalue weighted by Gasteiger charge is -2.07. The number of pyridine rings is 1. The second kappa shape index (κ2) is 5.83. The summed E-state index contributed by atoms with van der Waals surface area (Å²) in [6.45, 7) is 1.90. The molecule has 0 spiro atoms. The first-order valence-electron chi connectivity index (χ1n) is 5.23. The van der Waals surface area contributed by atoms with Crippen LogP contribution < -0.4 is 11.1 Å². The highest BCUT2D eigenvalue weighted by molar-refractivity contribution is 5.92. The minimum Gasteiger partial charge on any atom is -0.481 e. The van der Waals surface area contributed by atoms with Gasteiger partial charge in [-0.15, -0.1) is 0 Å². The summed E-state index contributed by atoms with van der Waals surface area (Å²) in [5.41, 5.74) is 6.19. The topological polar surface area (TPSA) is 105 Å². The second-order valence-corrected chi connectivity index (χ2v) is 3.76. The van der Waals surface area contributed by atoms with Crippen molar-refractivity contribution in [1.29, 1.82) is 0 Å². The van der Waals surface area contributed by atoms with E-state index in [0.29, 0.717) is 18.7 Å². The van der Waals surface area contributed by atoms with Gasteiger partial charge in [-0.25, -0.2) is 4.98 Å². The lowest BCUT2D eigenvalue weighted by Crippen LogP contribution is -2.27. The molecule has 0 aliphatic rings. The van der Waals surface area contributed by atoms with Crippen LogP contribution in [0.2, 0.25) is 0 Å². The van der Waals surface area contributed by atoms with Crippen LogP contribution in [0.5, 0.6) is 0 Å². The van der Waals surface area contributed by atoms with Crippen molar-refractivity contribution in [2.75, 3.05) is 12.3 Å². The van der Waals surface area contributed by atoms with Gasteiger partial charge in [0.05, 0.1) is 17.8 Å². The van der Waals surface area contributed by atoms with E-state index < -0.39 is 11.9 Å². The van der Waals surface area contributed by atoms with Crippen LogP contribution in [0.15, 0.2) is 18.3 Å². The Morgan fingerprint density at radius 1 is 1.53 bits per heavy atom. The Morgan fingerprint density at radius 2 is 2.24 bits per heavy atom. The van der Waals surface area contributed by atoms with Crippen molar-refractivity contribution in [2.45, 2.75) is 13.3 Å². The third-order valence-electron chi connectivity index (χ3n) is 2.30. The fraction of sp³-hybridized carbons (Fsp3) is 0.364. The van der Waals surface area contributed by atoms with Gasteiger partial charge in [-0.2, -0.15) is 0 Å². The molecule has 6 nitrogen and oxygen atoms in total. The number of amides is 1. The Bertz CT molecular complexity index is 403. The minimum atomic E-state index is -0.871. The molecule has 17 heavy (non-hydrogen) atoms. The number of rotatable bonds is 5. The van der Waals surface area contributed by atoms with Crippen LogP contribution in [0.3, 0.4) is 0 Å².